The van der Waals surface area contributed by atoms with Gasteiger partial charge in [-0.2, -0.15) is 0 Å². The van der Waals surface area contributed by atoms with E-state index in [2.05, 4.69) is 54.2 Å². The van der Waals surface area contributed by atoms with Crippen LogP contribution >= 0.6 is 11.6 Å². The molecule has 1 saturated heterocycles. The van der Waals surface area contributed by atoms with Crippen LogP contribution in [0.15, 0.2) is 60.7 Å². The minimum Gasteiger partial charge on any atom is -0.449 e. The largest absolute Gasteiger partial charge is 0.449 e. The first-order valence-corrected chi connectivity index (χ1v) is 16.9. The number of nitrogens with two attached hydrogens (primary N) is 1. The molecule has 0 bridgehead atoms. The van der Waals surface area contributed by atoms with Crippen molar-refractivity contribution in [3.63, 3.8) is 0 Å². The zero-order valence-corrected chi connectivity index (χ0v) is 29.1. The van der Waals surface area contributed by atoms with E-state index in [0.29, 0.717) is 44.2 Å². The molecule has 1 saturated carbocycles. The fourth-order valence-electron chi connectivity index (χ4n) is 6.43. The number of piperazine rings is 1. The minimum atomic E-state index is -0.558. The molecule has 0 spiro atoms. The first-order valence-electron chi connectivity index (χ1n) is 16.5. The van der Waals surface area contributed by atoms with Crippen molar-refractivity contribution >= 4 is 29.4 Å². The second-order valence-corrected chi connectivity index (χ2v) is 14.8. The van der Waals surface area contributed by atoms with Gasteiger partial charge in [0.1, 0.15) is 5.60 Å². The monoisotopic (exact) mass is 664 g/mol. The molecular formula is C36H49ClN6O4. The molecule has 0 radical (unpaired) electrons. The lowest BCUT2D eigenvalue weighted by Gasteiger charge is -2.40. The Labute approximate surface area is 283 Å². The van der Waals surface area contributed by atoms with Gasteiger partial charge in [0.15, 0.2) is 0 Å². The number of hydrogen-bond donors (Lipinski definition) is 2. The molecule has 2 aliphatic carbocycles. The standard InChI is InChI=1S/C36H49ClN6O4/c1-35(2,3)23-46-34(45)43-17-15-42(16-18-43)30-20-25(9-6-7-14-38)19-29(28-21-26(37)10-11-27(28)30)32(31-22-39-24-41(31)5)40-33(44)47-36(4)12-8-13-36/h7,9-11,14,19,21-22,24,30,32H,6,8,12-13,15-18,20,23,38H2,1-5H3,(H,40,44)/b14-7-,25-9-. The lowest BCUT2D eigenvalue weighted by Crippen LogP contribution is -2.50. The Bertz CT molecular complexity index is 1530. The van der Waals surface area contributed by atoms with Crippen molar-refractivity contribution in [3.05, 3.63) is 82.6 Å². The molecule has 1 aromatic heterocycles. The molecule has 3 N–H and O–H groups in total. The SMILES string of the molecule is Cn1cncc1C(NC(=O)OC1(C)CCC1)C1=C/C(=C/C/C=C\N)CC(N2CCN(C(=O)OCC(C)(C)C)CC2)c2ccc(Cl)cc21. The van der Waals surface area contributed by atoms with Crippen molar-refractivity contribution in [2.24, 2.45) is 18.2 Å². The van der Waals surface area contributed by atoms with Gasteiger partial charge in [-0.1, -0.05) is 56.7 Å². The Kier molecular flexibility index (Phi) is 10.7. The zero-order valence-electron chi connectivity index (χ0n) is 28.3. The number of fused-ring (bicyclic) bond motifs is 1. The number of carbonyl (C=O) groups excluding carboxylic acids is 2. The van der Waals surface area contributed by atoms with Gasteiger partial charge in [-0.3, -0.25) is 4.90 Å². The zero-order chi connectivity index (χ0) is 33.8. The smallest absolute Gasteiger partial charge is 0.409 e. The molecule has 2 amide bonds. The van der Waals surface area contributed by atoms with Crippen LogP contribution in [-0.4, -0.2) is 69.9 Å². The lowest BCUT2D eigenvalue weighted by atomic mass is 9.82. The number of halogens is 1. The quantitative estimate of drug-likeness (QED) is 0.315. The minimum absolute atomic E-state index is 0.00453. The molecule has 2 aromatic rings. The summed E-state index contributed by atoms with van der Waals surface area (Å²) in [6, 6.07) is 5.45. The number of rotatable bonds is 8. The third-order valence-electron chi connectivity index (χ3n) is 9.22. The maximum atomic E-state index is 13.5. The number of alkyl carbamates (subject to hydrolysis) is 1. The molecule has 254 valence electrons. The Hall–Kier alpha value is -3.76. The molecule has 5 rings (SSSR count). The number of allylic oxidation sites excluding steroid dienone is 3. The Morgan fingerprint density at radius 3 is 2.57 bits per heavy atom. The van der Waals surface area contributed by atoms with Gasteiger partial charge in [0.05, 0.1) is 30.9 Å². The van der Waals surface area contributed by atoms with E-state index in [-0.39, 0.29) is 17.6 Å². The van der Waals surface area contributed by atoms with Gasteiger partial charge in [-0.05, 0) is 85.0 Å². The molecule has 1 aliphatic heterocycles. The molecule has 10 nitrogen and oxygen atoms in total. The average molecular weight is 665 g/mol. The number of nitrogens with one attached hydrogen (secondary N) is 1. The topological polar surface area (TPSA) is 115 Å². The van der Waals surface area contributed by atoms with Crippen molar-refractivity contribution in [1.82, 2.24) is 24.7 Å². The molecule has 2 heterocycles. The van der Waals surface area contributed by atoms with Gasteiger partial charge in [-0.15, -0.1) is 0 Å². The predicted octanol–water partition coefficient (Wildman–Crippen LogP) is 6.90. The maximum Gasteiger partial charge on any atom is 0.409 e. The lowest BCUT2D eigenvalue weighted by molar-refractivity contribution is -0.0328. The third kappa shape index (κ3) is 8.59. The number of nitrogens with zero attached hydrogens (tertiary/aromatic N) is 4. The molecule has 2 fully saturated rings. The van der Waals surface area contributed by atoms with E-state index in [0.717, 1.165) is 53.7 Å². The van der Waals surface area contributed by atoms with E-state index in [1.54, 1.807) is 23.6 Å². The van der Waals surface area contributed by atoms with Gasteiger partial charge in [-0.25, -0.2) is 14.6 Å². The van der Waals surface area contributed by atoms with E-state index in [1.165, 1.54) is 0 Å². The van der Waals surface area contributed by atoms with E-state index < -0.39 is 17.7 Å². The number of amides is 2. The molecular weight excluding hydrogens is 616 g/mol. The molecule has 2 atom stereocenters. The summed E-state index contributed by atoms with van der Waals surface area (Å²) >= 11 is 6.70. The summed E-state index contributed by atoms with van der Waals surface area (Å²) in [5.41, 5.74) is 10.0. The van der Waals surface area contributed by atoms with Crippen molar-refractivity contribution in [2.75, 3.05) is 32.8 Å². The van der Waals surface area contributed by atoms with Crippen LogP contribution in [0.1, 0.15) is 88.7 Å². The third-order valence-corrected chi connectivity index (χ3v) is 9.46. The molecule has 11 heteroatoms. The second kappa shape index (κ2) is 14.6. The molecule has 1 aromatic carbocycles. The number of imidazole rings is 1. The first-order chi connectivity index (χ1) is 22.4. The summed E-state index contributed by atoms with van der Waals surface area (Å²) < 4.78 is 13.5. The number of ether oxygens (including phenoxy) is 2. The summed E-state index contributed by atoms with van der Waals surface area (Å²) in [6.07, 6.45) is 14.7. The van der Waals surface area contributed by atoms with Crippen LogP contribution in [0.2, 0.25) is 5.02 Å². The van der Waals surface area contributed by atoms with Crippen LogP contribution in [0.3, 0.4) is 0 Å². The van der Waals surface area contributed by atoms with Gasteiger partial charge < -0.3 is 30.0 Å². The first kappa shape index (κ1) is 34.6. The fourth-order valence-corrected chi connectivity index (χ4v) is 6.61. The summed E-state index contributed by atoms with van der Waals surface area (Å²) in [5, 5.41) is 3.80. The summed E-state index contributed by atoms with van der Waals surface area (Å²) in [4.78, 5) is 34.9. The number of benzene rings is 1. The van der Waals surface area contributed by atoms with E-state index in [9.17, 15) is 9.59 Å². The summed E-state index contributed by atoms with van der Waals surface area (Å²) in [7, 11) is 1.92. The van der Waals surface area contributed by atoms with Crippen molar-refractivity contribution in [2.45, 2.75) is 77.5 Å². The van der Waals surface area contributed by atoms with Crippen LogP contribution < -0.4 is 11.1 Å². The maximum absolute atomic E-state index is 13.5. The number of aryl methyl sites for hydroxylation is 1. The second-order valence-electron chi connectivity index (χ2n) is 14.3. The number of hydrogen-bond acceptors (Lipinski definition) is 7. The van der Waals surface area contributed by atoms with Gasteiger partial charge in [0, 0.05) is 44.3 Å². The van der Waals surface area contributed by atoms with Crippen LogP contribution in [0.25, 0.3) is 5.57 Å². The van der Waals surface area contributed by atoms with Crippen molar-refractivity contribution in [3.8, 4) is 0 Å². The van der Waals surface area contributed by atoms with Crippen molar-refractivity contribution in [1.29, 1.82) is 0 Å². The van der Waals surface area contributed by atoms with Crippen LogP contribution in [0.5, 0.6) is 0 Å². The van der Waals surface area contributed by atoms with Crippen molar-refractivity contribution < 1.29 is 19.1 Å². The highest BCUT2D eigenvalue weighted by Gasteiger charge is 2.38. The van der Waals surface area contributed by atoms with Gasteiger partial charge in [0.2, 0.25) is 0 Å². The highest BCUT2D eigenvalue weighted by molar-refractivity contribution is 6.30. The normalized spacial score (nSPS) is 21.4. The highest BCUT2D eigenvalue weighted by atomic mass is 35.5. The van der Waals surface area contributed by atoms with Gasteiger partial charge in [0.25, 0.3) is 0 Å². The van der Waals surface area contributed by atoms with Crippen LogP contribution in [-0.2, 0) is 16.5 Å². The summed E-state index contributed by atoms with van der Waals surface area (Å²) in [5.74, 6) is 0. The Morgan fingerprint density at radius 2 is 1.96 bits per heavy atom. The van der Waals surface area contributed by atoms with E-state index in [4.69, 9.17) is 26.8 Å². The summed E-state index contributed by atoms with van der Waals surface area (Å²) in [6.45, 7) is 11.0. The molecule has 47 heavy (non-hydrogen) atoms. The van der Waals surface area contributed by atoms with Gasteiger partial charge >= 0.3 is 12.2 Å². The number of aromatic nitrogens is 2. The molecule has 3 aliphatic rings. The van der Waals surface area contributed by atoms with E-state index >= 15 is 0 Å². The van der Waals surface area contributed by atoms with E-state index in [1.807, 2.05) is 36.7 Å². The molecule has 2 unspecified atom stereocenters. The number of carbonyl (C=O) groups is 2. The Morgan fingerprint density at radius 1 is 1.21 bits per heavy atom. The predicted molar refractivity (Wildman–Crippen MR) is 185 cm³/mol. The fraction of sp³-hybridized carbons (Fsp3) is 0.528. The van der Waals surface area contributed by atoms with Crippen LogP contribution in [0.4, 0.5) is 9.59 Å². The average Bonchev–Trinajstić information content (AvgIpc) is 3.37. The Balaban J connectivity index is 1.49. The highest BCUT2D eigenvalue weighted by Crippen LogP contribution is 2.44. The van der Waals surface area contributed by atoms with Crippen LogP contribution in [0, 0.1) is 5.41 Å².